The topological polar surface area (TPSA) is 90.0 Å². The number of aliphatic hydroxyl groups excluding tert-OH is 1. The number of imidazole rings is 1. The molecule has 1 amide bonds. The van der Waals surface area contributed by atoms with Gasteiger partial charge in [0.2, 0.25) is 21.3 Å². The first kappa shape index (κ1) is 30.9. The molecular formula is C27H28Br2N4O4S3. The van der Waals surface area contributed by atoms with E-state index in [2.05, 4.69) is 54.9 Å². The molecule has 1 aromatic carbocycles. The number of nitrogens with zero attached hydrogens (tertiary/aromatic N) is 4. The zero-order valence-electron chi connectivity index (χ0n) is 21.9. The predicted octanol–water partition coefficient (Wildman–Crippen LogP) is -2.88. The summed E-state index contributed by atoms with van der Waals surface area (Å²) in [5.41, 5.74) is 5.99. The number of aromatic nitrogens is 3. The van der Waals surface area contributed by atoms with E-state index in [0.29, 0.717) is 12.1 Å². The van der Waals surface area contributed by atoms with Crippen molar-refractivity contribution in [2.45, 2.75) is 44.1 Å². The van der Waals surface area contributed by atoms with Crippen molar-refractivity contribution >= 4 is 56.7 Å². The van der Waals surface area contributed by atoms with Crippen LogP contribution in [-0.2, 0) is 22.7 Å². The van der Waals surface area contributed by atoms with E-state index in [4.69, 9.17) is 0 Å². The summed E-state index contributed by atoms with van der Waals surface area (Å²) >= 11 is 4.91. The fraction of sp³-hybridized carbons (Fsp3) is 0.333. The summed E-state index contributed by atoms with van der Waals surface area (Å²) in [7, 11) is 0. The molecule has 1 fully saturated rings. The van der Waals surface area contributed by atoms with Crippen molar-refractivity contribution in [2.24, 2.45) is 11.8 Å². The molecule has 0 unspecified atom stereocenters. The Morgan fingerprint density at radius 2 is 1.95 bits per heavy atom. The van der Waals surface area contributed by atoms with Crippen molar-refractivity contribution in [3.8, 4) is 0 Å². The first-order valence-electron chi connectivity index (χ1n) is 12.3. The van der Waals surface area contributed by atoms with Crippen molar-refractivity contribution in [3.63, 3.8) is 0 Å². The third kappa shape index (κ3) is 4.98. The summed E-state index contributed by atoms with van der Waals surface area (Å²) in [6.45, 7) is 5.06. The molecule has 5 heterocycles. The Morgan fingerprint density at radius 1 is 1.23 bits per heavy atom. The van der Waals surface area contributed by atoms with Crippen LogP contribution in [0.5, 0.6) is 0 Å². The molecule has 212 valence electrons. The Morgan fingerprint density at radius 3 is 2.58 bits per heavy atom. The lowest BCUT2D eigenvalue weighted by molar-refractivity contribution is -0.721. The van der Waals surface area contributed by atoms with E-state index in [0.717, 1.165) is 22.1 Å². The second kappa shape index (κ2) is 12.1. The summed E-state index contributed by atoms with van der Waals surface area (Å²) < 4.78 is 6.43. The van der Waals surface area contributed by atoms with Crippen LogP contribution in [0.2, 0.25) is 0 Å². The number of hydrogen-bond donors (Lipinski definition) is 2. The van der Waals surface area contributed by atoms with E-state index in [1.807, 2.05) is 24.9 Å². The van der Waals surface area contributed by atoms with E-state index < -0.39 is 18.0 Å². The Hall–Kier alpha value is -2.03. The summed E-state index contributed by atoms with van der Waals surface area (Å²) in [5.74, 6) is -2.22. The zero-order chi connectivity index (χ0) is 26.7. The second-order valence-electron chi connectivity index (χ2n) is 9.89. The zero-order valence-corrected chi connectivity index (χ0v) is 27.5. The summed E-state index contributed by atoms with van der Waals surface area (Å²) in [6.07, 6.45) is 5.34. The van der Waals surface area contributed by atoms with Gasteiger partial charge in [0.1, 0.15) is 17.9 Å². The Balaban J connectivity index is 0.00000185. The van der Waals surface area contributed by atoms with Gasteiger partial charge in [-0.15, -0.1) is 0 Å². The van der Waals surface area contributed by atoms with Gasteiger partial charge in [-0.25, -0.2) is 9.36 Å². The molecule has 6 rings (SSSR count). The maximum Gasteiger partial charge on any atom is 0.353 e. The highest BCUT2D eigenvalue weighted by Crippen LogP contribution is 2.51. The van der Waals surface area contributed by atoms with E-state index >= 15 is 0 Å². The van der Waals surface area contributed by atoms with Crippen LogP contribution < -0.4 is 43.1 Å². The number of benzene rings is 1. The highest BCUT2D eigenvalue weighted by atomic mass is 79.9. The first-order valence-corrected chi connectivity index (χ1v) is 15.4. The lowest BCUT2D eigenvalue weighted by Gasteiger charge is -2.46. The number of fused-ring (bicyclic) bond motifs is 2. The minimum atomic E-state index is -1.11. The van der Waals surface area contributed by atoms with Gasteiger partial charge >= 0.3 is 5.97 Å². The van der Waals surface area contributed by atoms with Gasteiger partial charge < -0.3 is 49.1 Å². The molecule has 13 heteroatoms. The lowest BCUT2D eigenvalue weighted by atomic mass is 9.77. The highest BCUT2D eigenvalue weighted by Gasteiger charge is 2.60. The molecule has 8 nitrogen and oxygen atoms in total. The summed E-state index contributed by atoms with van der Waals surface area (Å²) in [4.78, 5) is 27.6. The number of β-lactam (4-membered cyclic amide) rings is 1. The number of rotatable bonds is 8. The Kier molecular flexibility index (Phi) is 9.32. The van der Waals surface area contributed by atoms with Gasteiger partial charge in [-0.05, 0) is 24.8 Å². The standard InChI is InChI=1S/C27H27N4O4S3.2BrH/c1-15-20(23(27(34)35)31-22(15)21(16(2)32)24(31)33)19-12-38-26-25(36-3)29(13-30(19)26)11-18-6-4-5-17(9-18)10-28-7-8-37-14-28;;/h4-9,12-16,21-22,32H,10-11H2,1-3H3;2*1H/q+1;;/p-1/t15-,16+,21+,22+;;/m0../s1. The van der Waals surface area contributed by atoms with Gasteiger partial charge in [0.25, 0.3) is 6.33 Å². The number of aliphatic hydroxyl groups is 1. The number of amides is 1. The molecule has 2 aliphatic heterocycles. The van der Waals surface area contributed by atoms with E-state index in [9.17, 15) is 19.8 Å². The van der Waals surface area contributed by atoms with Crippen molar-refractivity contribution in [2.75, 3.05) is 6.26 Å². The average molecular weight is 729 g/mol. The van der Waals surface area contributed by atoms with Crippen molar-refractivity contribution < 1.29 is 62.9 Å². The van der Waals surface area contributed by atoms with Crippen molar-refractivity contribution in [1.29, 1.82) is 0 Å². The van der Waals surface area contributed by atoms with Gasteiger partial charge in [0.15, 0.2) is 12.7 Å². The maximum absolute atomic E-state index is 12.8. The molecule has 1 saturated heterocycles. The fourth-order valence-electron chi connectivity index (χ4n) is 5.92. The van der Waals surface area contributed by atoms with Crippen molar-refractivity contribution in [3.05, 3.63) is 75.6 Å². The number of carbonyl (C=O) groups is 2. The number of carboxylic acid groups (broad SMARTS) is 1. The number of carboxylic acids is 1. The predicted molar refractivity (Wildman–Crippen MR) is 146 cm³/mol. The molecule has 40 heavy (non-hydrogen) atoms. The number of aliphatic carboxylic acids is 1. The van der Waals surface area contributed by atoms with Gasteiger partial charge in [-0.3, -0.25) is 4.79 Å². The smallest absolute Gasteiger partial charge is 0.353 e. The van der Waals surface area contributed by atoms with Crippen LogP contribution >= 0.6 is 34.4 Å². The Bertz CT molecular complexity index is 1600. The largest absolute Gasteiger partial charge is 1.00 e. The van der Waals surface area contributed by atoms with E-state index in [1.165, 1.54) is 16.0 Å². The minimum Gasteiger partial charge on any atom is -1.00 e. The third-order valence-electron chi connectivity index (χ3n) is 7.54. The monoisotopic (exact) mass is 726 g/mol. The molecule has 0 saturated carbocycles. The number of carbonyl (C=O) groups excluding carboxylic acids is 1. The molecule has 0 radical (unpaired) electrons. The van der Waals surface area contributed by atoms with E-state index in [1.54, 1.807) is 41.4 Å². The number of halogens is 2. The molecule has 0 bridgehead atoms. The molecular weight excluding hydrogens is 700 g/mol. The third-order valence-corrected chi connectivity index (χ3v) is 10.1. The maximum atomic E-state index is 12.8. The van der Waals surface area contributed by atoms with Crippen molar-refractivity contribution in [1.82, 2.24) is 9.30 Å². The number of hydrogen-bond acceptors (Lipinski definition) is 6. The van der Waals surface area contributed by atoms with Crippen LogP contribution in [0.3, 0.4) is 0 Å². The van der Waals surface area contributed by atoms with Crippen LogP contribution in [0.25, 0.3) is 10.4 Å². The highest BCUT2D eigenvalue weighted by molar-refractivity contribution is 7.98. The van der Waals surface area contributed by atoms with Gasteiger partial charge in [0.05, 0.1) is 23.4 Å². The number of thiazole rings is 2. The normalized spacial score (nSPS) is 20.6. The summed E-state index contributed by atoms with van der Waals surface area (Å²) in [6, 6.07) is 8.24. The average Bonchev–Trinajstić information content (AvgIpc) is 3.63. The lowest BCUT2D eigenvalue weighted by Crippen LogP contribution is -3.00. The number of thioether (sulfide) groups is 1. The quantitative estimate of drug-likeness (QED) is 0.116. The van der Waals surface area contributed by atoms with Crippen LogP contribution in [0.15, 0.2) is 63.8 Å². The SMILES string of the molecule is CSc1c2scc(C3=C(C(=O)O)N4C(=O)[C@H]([C@@H](C)O)[C@H]4[C@H]3C)n2c[n+]1Cc1cccc(C[n+]2ccsc2)c1.[Br-].[Br-]. The van der Waals surface area contributed by atoms with Gasteiger partial charge in [0, 0.05) is 22.4 Å². The molecule has 3 aromatic heterocycles. The van der Waals surface area contributed by atoms with Crippen LogP contribution in [0.4, 0.5) is 0 Å². The first-order chi connectivity index (χ1) is 18.3. The second-order valence-corrected chi connectivity index (χ2v) is 12.3. The minimum absolute atomic E-state index is 0. The molecule has 0 aliphatic carbocycles. The van der Waals surface area contributed by atoms with Crippen LogP contribution in [-0.4, -0.2) is 49.8 Å². The molecule has 2 N–H and O–H groups in total. The van der Waals surface area contributed by atoms with Crippen LogP contribution in [0.1, 0.15) is 30.7 Å². The molecule has 2 aliphatic rings. The molecule has 4 atom stereocenters. The Labute approximate surface area is 265 Å². The molecule has 0 spiro atoms. The summed E-state index contributed by atoms with van der Waals surface area (Å²) in [5, 5.41) is 25.5. The molecule has 4 aromatic rings. The van der Waals surface area contributed by atoms with Gasteiger partial charge in [-0.2, -0.15) is 8.97 Å². The fourth-order valence-corrected chi connectivity index (χ4v) is 8.47. The van der Waals surface area contributed by atoms with Gasteiger partial charge in [-0.1, -0.05) is 59.6 Å². The van der Waals surface area contributed by atoms with Crippen LogP contribution in [0, 0.1) is 11.8 Å². The van der Waals surface area contributed by atoms with E-state index in [-0.39, 0.29) is 57.5 Å².